The number of amides is 1. The van der Waals surface area contributed by atoms with Crippen molar-refractivity contribution in [3.05, 3.63) is 53.8 Å². The van der Waals surface area contributed by atoms with Crippen LogP contribution in [0.4, 0.5) is 10.1 Å². The highest BCUT2D eigenvalue weighted by Gasteiger charge is 2.32. The topological polar surface area (TPSA) is 54.0 Å². The van der Waals surface area contributed by atoms with Crippen LogP contribution in [0.5, 0.6) is 11.5 Å². The minimum absolute atomic E-state index is 0.0324. The molecule has 1 saturated heterocycles. The first-order valence-electron chi connectivity index (χ1n) is 10.6. The third-order valence-corrected chi connectivity index (χ3v) is 6.15. The zero-order valence-corrected chi connectivity index (χ0v) is 16.9. The number of para-hydroxylation sites is 1. The molecule has 2 heterocycles. The maximum absolute atomic E-state index is 14.2. The quantitative estimate of drug-likeness (QED) is 0.792. The van der Waals surface area contributed by atoms with Crippen molar-refractivity contribution in [2.45, 2.75) is 18.9 Å². The zero-order chi connectivity index (χ0) is 20.5. The lowest BCUT2D eigenvalue weighted by atomic mass is 10.0. The summed E-state index contributed by atoms with van der Waals surface area (Å²) in [6.07, 6.45) is 1.98. The SMILES string of the molecule is O=C(NCC(c1ccc2c(c1)OCO2)N1CCN(c2ccccc2F)CC1)C1CC1. The van der Waals surface area contributed by atoms with Crippen LogP contribution in [-0.4, -0.2) is 50.3 Å². The number of rotatable bonds is 6. The van der Waals surface area contributed by atoms with Gasteiger partial charge in [-0.25, -0.2) is 4.39 Å². The van der Waals surface area contributed by atoms with Gasteiger partial charge in [-0.1, -0.05) is 18.2 Å². The Bertz CT molecular complexity index is 926. The zero-order valence-electron chi connectivity index (χ0n) is 16.9. The van der Waals surface area contributed by atoms with E-state index in [1.807, 2.05) is 30.3 Å². The number of fused-ring (bicyclic) bond motifs is 1. The van der Waals surface area contributed by atoms with Gasteiger partial charge in [-0.15, -0.1) is 0 Å². The van der Waals surface area contributed by atoms with E-state index in [2.05, 4.69) is 15.1 Å². The van der Waals surface area contributed by atoms with Crippen molar-refractivity contribution < 1.29 is 18.7 Å². The lowest BCUT2D eigenvalue weighted by Crippen LogP contribution is -2.50. The number of nitrogens with one attached hydrogen (secondary N) is 1. The number of hydrogen-bond donors (Lipinski definition) is 1. The summed E-state index contributed by atoms with van der Waals surface area (Å²) in [4.78, 5) is 16.7. The molecule has 158 valence electrons. The van der Waals surface area contributed by atoms with Gasteiger partial charge in [0.25, 0.3) is 0 Å². The maximum atomic E-state index is 14.2. The standard InChI is InChI=1S/C23H26FN3O3/c24-18-3-1-2-4-19(18)26-9-11-27(12-10-26)20(14-25-23(28)16-5-6-16)17-7-8-21-22(13-17)30-15-29-21/h1-4,7-8,13,16,20H,5-6,9-12,14-15H2,(H,25,28). The van der Waals surface area contributed by atoms with Gasteiger partial charge < -0.3 is 19.7 Å². The van der Waals surface area contributed by atoms with Gasteiger partial charge in [0.05, 0.1) is 11.7 Å². The van der Waals surface area contributed by atoms with E-state index in [1.165, 1.54) is 6.07 Å². The first-order chi connectivity index (χ1) is 14.7. The summed E-state index contributed by atoms with van der Waals surface area (Å²) in [5, 5.41) is 3.13. The highest BCUT2D eigenvalue weighted by atomic mass is 19.1. The average Bonchev–Trinajstić information content (AvgIpc) is 3.52. The molecule has 0 radical (unpaired) electrons. The van der Waals surface area contributed by atoms with Crippen molar-refractivity contribution in [3.63, 3.8) is 0 Å². The van der Waals surface area contributed by atoms with Crippen molar-refractivity contribution in [1.29, 1.82) is 0 Å². The molecule has 1 aliphatic carbocycles. The average molecular weight is 411 g/mol. The number of ether oxygens (including phenoxy) is 2. The lowest BCUT2D eigenvalue weighted by Gasteiger charge is -2.40. The van der Waals surface area contributed by atoms with Crippen molar-refractivity contribution in [2.75, 3.05) is 44.4 Å². The van der Waals surface area contributed by atoms with Crippen LogP contribution in [0, 0.1) is 11.7 Å². The smallest absolute Gasteiger partial charge is 0.231 e. The van der Waals surface area contributed by atoms with Gasteiger partial charge in [-0.2, -0.15) is 0 Å². The minimum atomic E-state index is -0.185. The summed E-state index contributed by atoms with van der Waals surface area (Å²) in [5.41, 5.74) is 1.74. The fraction of sp³-hybridized carbons (Fsp3) is 0.435. The molecule has 3 aliphatic rings. The molecule has 1 amide bonds. The van der Waals surface area contributed by atoms with Crippen LogP contribution in [0.2, 0.25) is 0 Å². The van der Waals surface area contributed by atoms with Gasteiger partial charge in [-0.05, 0) is 42.7 Å². The molecule has 1 saturated carbocycles. The maximum Gasteiger partial charge on any atom is 0.231 e. The van der Waals surface area contributed by atoms with Crippen LogP contribution in [0.15, 0.2) is 42.5 Å². The number of hydrogen-bond acceptors (Lipinski definition) is 5. The molecule has 2 fully saturated rings. The Morgan fingerprint density at radius 2 is 1.83 bits per heavy atom. The predicted octanol–water partition coefficient (Wildman–Crippen LogP) is 2.94. The molecule has 1 atom stereocenters. The molecule has 0 bridgehead atoms. The predicted molar refractivity (Wildman–Crippen MR) is 111 cm³/mol. The normalized spacial score (nSPS) is 19.6. The number of halogens is 1. The van der Waals surface area contributed by atoms with Crippen LogP contribution >= 0.6 is 0 Å². The summed E-state index contributed by atoms with van der Waals surface area (Å²) in [6.45, 7) is 3.83. The Morgan fingerprint density at radius 3 is 2.60 bits per heavy atom. The second-order valence-electron chi connectivity index (χ2n) is 8.12. The summed E-state index contributed by atoms with van der Waals surface area (Å²) in [7, 11) is 0. The summed E-state index contributed by atoms with van der Waals surface area (Å²) in [5.74, 6) is 1.64. The van der Waals surface area contributed by atoms with E-state index in [4.69, 9.17) is 9.47 Å². The van der Waals surface area contributed by atoms with Crippen LogP contribution in [0.25, 0.3) is 0 Å². The molecule has 0 spiro atoms. The molecule has 1 N–H and O–H groups in total. The molecule has 30 heavy (non-hydrogen) atoms. The first-order valence-corrected chi connectivity index (χ1v) is 10.6. The summed E-state index contributed by atoms with van der Waals surface area (Å²) in [6, 6.07) is 12.9. The molecule has 2 aromatic carbocycles. The largest absolute Gasteiger partial charge is 0.454 e. The summed E-state index contributed by atoms with van der Waals surface area (Å²) >= 11 is 0. The van der Waals surface area contributed by atoms with Crippen LogP contribution < -0.4 is 19.7 Å². The molecular weight excluding hydrogens is 385 g/mol. The Labute approximate surface area is 175 Å². The third-order valence-electron chi connectivity index (χ3n) is 6.15. The number of piperazine rings is 1. The number of nitrogens with zero attached hydrogens (tertiary/aromatic N) is 2. The fourth-order valence-electron chi connectivity index (χ4n) is 4.25. The fourth-order valence-corrected chi connectivity index (χ4v) is 4.25. The molecule has 5 rings (SSSR count). The van der Waals surface area contributed by atoms with Gasteiger partial charge in [0, 0.05) is 38.6 Å². The monoisotopic (exact) mass is 411 g/mol. The van der Waals surface area contributed by atoms with Gasteiger partial charge in [0.2, 0.25) is 12.7 Å². The van der Waals surface area contributed by atoms with Gasteiger partial charge in [-0.3, -0.25) is 9.69 Å². The van der Waals surface area contributed by atoms with Crippen molar-refractivity contribution >= 4 is 11.6 Å². The Morgan fingerprint density at radius 1 is 1.07 bits per heavy atom. The van der Waals surface area contributed by atoms with Gasteiger partial charge >= 0.3 is 0 Å². The van der Waals surface area contributed by atoms with E-state index in [-0.39, 0.29) is 30.5 Å². The van der Waals surface area contributed by atoms with Crippen molar-refractivity contribution in [2.24, 2.45) is 5.92 Å². The Kier molecular flexibility index (Phi) is 5.21. The lowest BCUT2D eigenvalue weighted by molar-refractivity contribution is -0.122. The number of carbonyl (C=O) groups is 1. The summed E-state index contributed by atoms with van der Waals surface area (Å²) < 4.78 is 25.2. The van der Waals surface area contributed by atoms with Crippen LogP contribution in [-0.2, 0) is 4.79 Å². The molecule has 1 unspecified atom stereocenters. The van der Waals surface area contributed by atoms with Crippen LogP contribution in [0.1, 0.15) is 24.4 Å². The molecule has 7 heteroatoms. The highest BCUT2D eigenvalue weighted by Crippen LogP contribution is 2.36. The second kappa shape index (κ2) is 8.14. The number of carbonyl (C=O) groups excluding carboxylic acids is 1. The second-order valence-corrected chi connectivity index (χ2v) is 8.12. The Balaban J connectivity index is 1.31. The van der Waals surface area contributed by atoms with E-state index in [9.17, 15) is 9.18 Å². The van der Waals surface area contributed by atoms with E-state index in [0.717, 1.165) is 56.1 Å². The van der Waals surface area contributed by atoms with E-state index in [0.29, 0.717) is 12.2 Å². The molecule has 2 aromatic rings. The van der Waals surface area contributed by atoms with Gasteiger partial charge in [0.1, 0.15) is 5.82 Å². The molecule has 2 aliphatic heterocycles. The van der Waals surface area contributed by atoms with E-state index < -0.39 is 0 Å². The van der Waals surface area contributed by atoms with E-state index in [1.54, 1.807) is 6.07 Å². The minimum Gasteiger partial charge on any atom is -0.454 e. The van der Waals surface area contributed by atoms with Crippen molar-refractivity contribution in [1.82, 2.24) is 10.2 Å². The third kappa shape index (κ3) is 3.94. The molecule has 0 aromatic heterocycles. The van der Waals surface area contributed by atoms with E-state index >= 15 is 0 Å². The van der Waals surface area contributed by atoms with Gasteiger partial charge in [0.15, 0.2) is 11.5 Å². The Hall–Kier alpha value is -2.80. The highest BCUT2D eigenvalue weighted by molar-refractivity contribution is 5.80. The number of benzene rings is 2. The number of anilines is 1. The van der Waals surface area contributed by atoms with Crippen LogP contribution in [0.3, 0.4) is 0 Å². The van der Waals surface area contributed by atoms with Crippen molar-refractivity contribution in [3.8, 4) is 11.5 Å². The first kappa shape index (κ1) is 19.2. The molecular formula is C23H26FN3O3. The molecule has 6 nitrogen and oxygen atoms in total.